The molecule has 2 aromatic rings. The molecular formula is C13H13N3O2S2. The maximum Gasteiger partial charge on any atom is 0.327 e. The molecule has 0 aliphatic carbocycles. The highest BCUT2D eigenvalue weighted by Gasteiger charge is 2.20. The zero-order chi connectivity index (χ0) is 14.5. The van der Waals surface area contributed by atoms with E-state index in [9.17, 15) is 10.1 Å². The van der Waals surface area contributed by atoms with Gasteiger partial charge in [-0.3, -0.25) is 4.79 Å². The molecule has 0 unspecified atom stereocenters. The van der Waals surface area contributed by atoms with Crippen LogP contribution in [0.2, 0.25) is 0 Å². The van der Waals surface area contributed by atoms with Crippen molar-refractivity contribution in [3.63, 3.8) is 0 Å². The molecule has 5 nitrogen and oxygen atoms in total. The summed E-state index contributed by atoms with van der Waals surface area (Å²) in [6.45, 7) is 2.11. The number of ether oxygens (including phenoxy) is 1. The fourth-order valence-electron chi connectivity index (χ4n) is 1.78. The highest BCUT2D eigenvalue weighted by atomic mass is 32.2. The van der Waals surface area contributed by atoms with Crippen LogP contribution in [-0.2, 0) is 16.1 Å². The summed E-state index contributed by atoms with van der Waals surface area (Å²) in [5.41, 5.74) is 1.13. The minimum Gasteiger partial charge on any atom is -0.465 e. The third-order valence-corrected chi connectivity index (χ3v) is 4.23. The number of rotatable bonds is 5. The van der Waals surface area contributed by atoms with E-state index >= 15 is 0 Å². The van der Waals surface area contributed by atoms with Crippen LogP contribution >= 0.6 is 23.1 Å². The van der Waals surface area contributed by atoms with E-state index in [1.54, 1.807) is 6.92 Å². The minimum atomic E-state index is -0.354. The van der Waals surface area contributed by atoms with Crippen LogP contribution in [0.5, 0.6) is 0 Å². The molecule has 2 rings (SSSR count). The lowest BCUT2D eigenvalue weighted by Crippen LogP contribution is -2.15. The van der Waals surface area contributed by atoms with Crippen molar-refractivity contribution in [1.29, 1.82) is 5.26 Å². The molecule has 0 saturated heterocycles. The first kappa shape index (κ1) is 14.6. The van der Waals surface area contributed by atoms with Gasteiger partial charge < -0.3 is 4.74 Å². The van der Waals surface area contributed by atoms with Gasteiger partial charge >= 0.3 is 5.97 Å². The molecule has 0 radical (unpaired) electrons. The van der Waals surface area contributed by atoms with Crippen LogP contribution < -0.4 is 0 Å². The van der Waals surface area contributed by atoms with Crippen molar-refractivity contribution in [2.75, 3.05) is 12.9 Å². The summed E-state index contributed by atoms with van der Waals surface area (Å²) in [5.74, 6) is -0.354. The Morgan fingerprint density at radius 1 is 1.65 bits per heavy atom. The van der Waals surface area contributed by atoms with Crippen molar-refractivity contribution in [1.82, 2.24) is 9.78 Å². The van der Waals surface area contributed by atoms with Gasteiger partial charge in [0.05, 0.1) is 11.5 Å². The summed E-state index contributed by atoms with van der Waals surface area (Å²) in [6.07, 6.45) is 1.86. The Morgan fingerprint density at radius 2 is 2.45 bits per heavy atom. The fourth-order valence-corrected chi connectivity index (χ4v) is 3.15. The number of carbonyl (C=O) groups excluding carboxylic acids is 1. The van der Waals surface area contributed by atoms with Crippen LogP contribution in [0.25, 0.3) is 10.6 Å². The summed E-state index contributed by atoms with van der Waals surface area (Å²) >= 11 is 2.91. The lowest BCUT2D eigenvalue weighted by Gasteiger charge is -2.04. The average Bonchev–Trinajstić information content (AvgIpc) is 3.05. The molecule has 0 aliphatic rings. The number of nitrogens with zero attached hydrogens (tertiary/aromatic N) is 3. The molecule has 0 spiro atoms. The van der Waals surface area contributed by atoms with Crippen LogP contribution in [0.15, 0.2) is 22.5 Å². The largest absolute Gasteiger partial charge is 0.465 e. The lowest BCUT2D eigenvalue weighted by atomic mass is 10.2. The molecule has 0 fully saturated rings. The predicted molar refractivity (Wildman–Crippen MR) is 78.7 cm³/mol. The van der Waals surface area contributed by atoms with Gasteiger partial charge in [-0.15, -0.1) is 23.1 Å². The first-order valence-corrected chi connectivity index (χ1v) is 8.06. The van der Waals surface area contributed by atoms with Gasteiger partial charge in [-0.05, 0) is 24.6 Å². The number of thiophene rings is 1. The lowest BCUT2D eigenvalue weighted by molar-refractivity contribution is -0.144. The highest BCUT2D eigenvalue weighted by molar-refractivity contribution is 7.98. The molecule has 0 amide bonds. The van der Waals surface area contributed by atoms with Crippen LogP contribution in [-0.4, -0.2) is 28.6 Å². The number of carbonyl (C=O) groups is 1. The maximum atomic E-state index is 11.6. The Hall–Kier alpha value is -1.78. The van der Waals surface area contributed by atoms with Gasteiger partial charge in [0.1, 0.15) is 28.9 Å². The summed E-state index contributed by atoms with van der Waals surface area (Å²) in [7, 11) is 0. The zero-order valence-electron chi connectivity index (χ0n) is 11.1. The van der Waals surface area contributed by atoms with Crippen molar-refractivity contribution in [3.05, 3.63) is 23.1 Å². The van der Waals surface area contributed by atoms with E-state index < -0.39 is 0 Å². The Bertz CT molecular complexity index is 641. The Morgan fingerprint density at radius 3 is 3.00 bits per heavy atom. The third-order valence-electron chi connectivity index (χ3n) is 2.55. The quantitative estimate of drug-likeness (QED) is 0.627. The van der Waals surface area contributed by atoms with E-state index in [4.69, 9.17) is 4.74 Å². The molecule has 104 valence electrons. The number of hydrogen-bond donors (Lipinski definition) is 0. The van der Waals surface area contributed by atoms with Gasteiger partial charge in [0.15, 0.2) is 0 Å². The maximum absolute atomic E-state index is 11.6. The summed E-state index contributed by atoms with van der Waals surface area (Å²) < 4.78 is 6.47. The molecule has 7 heteroatoms. The molecular weight excluding hydrogens is 294 g/mol. The van der Waals surface area contributed by atoms with Crippen LogP contribution in [0.1, 0.15) is 12.5 Å². The van der Waals surface area contributed by atoms with Crippen molar-refractivity contribution < 1.29 is 9.53 Å². The molecule has 0 aliphatic heterocycles. The van der Waals surface area contributed by atoms with E-state index in [0.29, 0.717) is 22.9 Å². The van der Waals surface area contributed by atoms with Gasteiger partial charge in [0.2, 0.25) is 0 Å². The van der Waals surface area contributed by atoms with Gasteiger partial charge in [-0.1, -0.05) is 6.07 Å². The predicted octanol–water partition coefficient (Wildman–Crippen LogP) is 2.77. The molecule has 2 aromatic heterocycles. The normalized spacial score (nSPS) is 10.2. The zero-order valence-corrected chi connectivity index (χ0v) is 12.8. The molecule has 0 N–H and O–H groups in total. The van der Waals surface area contributed by atoms with E-state index in [1.165, 1.54) is 27.8 Å². The molecule has 0 aromatic carbocycles. The summed E-state index contributed by atoms with van der Waals surface area (Å²) in [6, 6.07) is 6.00. The molecule has 20 heavy (non-hydrogen) atoms. The molecule has 2 heterocycles. The van der Waals surface area contributed by atoms with Gasteiger partial charge in [0, 0.05) is 0 Å². The molecule has 0 saturated carbocycles. The van der Waals surface area contributed by atoms with Crippen LogP contribution in [0, 0.1) is 11.3 Å². The molecule has 0 atom stereocenters. The number of esters is 1. The second kappa shape index (κ2) is 6.59. The first-order chi connectivity index (χ1) is 9.71. The van der Waals surface area contributed by atoms with Crippen LogP contribution in [0.3, 0.4) is 0 Å². The van der Waals surface area contributed by atoms with E-state index in [2.05, 4.69) is 11.2 Å². The van der Waals surface area contributed by atoms with E-state index in [0.717, 1.165) is 4.88 Å². The van der Waals surface area contributed by atoms with Crippen molar-refractivity contribution in [3.8, 4) is 16.6 Å². The number of nitriles is 1. The number of thioether (sulfide) groups is 1. The number of hydrogen-bond acceptors (Lipinski definition) is 6. The smallest absolute Gasteiger partial charge is 0.327 e. The third kappa shape index (κ3) is 2.86. The Balaban J connectivity index is 2.43. The monoisotopic (exact) mass is 307 g/mol. The highest BCUT2D eigenvalue weighted by Crippen LogP contribution is 2.32. The van der Waals surface area contributed by atoms with Gasteiger partial charge in [-0.2, -0.15) is 10.4 Å². The summed E-state index contributed by atoms with van der Waals surface area (Å²) in [5, 5.41) is 16.4. The average molecular weight is 307 g/mol. The molecule has 0 bridgehead atoms. The van der Waals surface area contributed by atoms with E-state index in [1.807, 2.05) is 23.8 Å². The Labute approximate surface area is 125 Å². The fraction of sp³-hybridized carbons (Fsp3) is 0.308. The van der Waals surface area contributed by atoms with Gasteiger partial charge in [0.25, 0.3) is 0 Å². The standard InChI is InChI=1S/C13H13N3O2S2/c1-3-18-11(17)8-16-13(19-2)9(7-14)12(15-16)10-5-4-6-20-10/h4-6H,3,8H2,1-2H3. The Kier molecular flexibility index (Phi) is 4.82. The second-order valence-corrected chi connectivity index (χ2v) is 5.53. The minimum absolute atomic E-state index is 0.0179. The summed E-state index contributed by atoms with van der Waals surface area (Å²) in [4.78, 5) is 12.5. The van der Waals surface area contributed by atoms with Crippen molar-refractivity contribution in [2.24, 2.45) is 0 Å². The topological polar surface area (TPSA) is 67.9 Å². The second-order valence-electron chi connectivity index (χ2n) is 3.78. The SMILES string of the molecule is CCOC(=O)Cn1nc(-c2cccs2)c(C#N)c1SC. The van der Waals surface area contributed by atoms with Crippen LogP contribution in [0.4, 0.5) is 0 Å². The first-order valence-electron chi connectivity index (χ1n) is 5.95. The van der Waals surface area contributed by atoms with Crippen molar-refractivity contribution in [2.45, 2.75) is 18.5 Å². The van der Waals surface area contributed by atoms with E-state index in [-0.39, 0.29) is 12.5 Å². The van der Waals surface area contributed by atoms with Crippen molar-refractivity contribution >= 4 is 29.1 Å². The number of aromatic nitrogens is 2. The van der Waals surface area contributed by atoms with Gasteiger partial charge in [-0.25, -0.2) is 4.68 Å².